The van der Waals surface area contributed by atoms with Gasteiger partial charge in [0.15, 0.2) is 0 Å². The number of benzene rings is 2. The molecule has 6 heteroatoms. The lowest BCUT2D eigenvalue weighted by Crippen LogP contribution is -2.47. The third-order valence-corrected chi connectivity index (χ3v) is 14.5. The Morgan fingerprint density at radius 2 is 0.795 bits per heavy atom. The van der Waals surface area contributed by atoms with E-state index in [1.807, 2.05) is 0 Å². The number of anilines is 2. The summed E-state index contributed by atoms with van der Waals surface area (Å²) in [6.45, 7) is 36.9. The Bertz CT molecular complexity index is 1080. The normalized spacial score (nSPS) is 15.6. The van der Waals surface area contributed by atoms with Crippen LogP contribution in [0.2, 0.25) is 0 Å². The number of aryl methyl sites for hydroxylation is 2. The summed E-state index contributed by atoms with van der Waals surface area (Å²) in [6, 6.07) is 10.2. The van der Waals surface area contributed by atoms with Crippen LogP contribution in [0.5, 0.6) is 0 Å². The highest BCUT2D eigenvalue weighted by Gasteiger charge is 2.40. The quantitative estimate of drug-likeness (QED) is 0.270. The van der Waals surface area contributed by atoms with Crippen LogP contribution < -0.4 is 20.4 Å². The van der Waals surface area contributed by atoms with Crippen LogP contribution in [0.4, 0.5) is 11.4 Å². The molecule has 0 N–H and O–H groups in total. The summed E-state index contributed by atoms with van der Waals surface area (Å²) in [5, 5.41) is 4.24. The molecule has 0 saturated carbocycles. The molecule has 2 bridgehead atoms. The molecule has 0 amide bonds. The van der Waals surface area contributed by atoms with Gasteiger partial charge in [-0.2, -0.15) is 0 Å². The summed E-state index contributed by atoms with van der Waals surface area (Å²) < 4.78 is 0. The Hall–Kier alpha value is -0.970. The number of nitrogens with zero attached hydrogens (tertiary/aromatic N) is 2. The first kappa shape index (κ1) is 34.2. The Balaban J connectivity index is 0.00000267. The van der Waals surface area contributed by atoms with E-state index in [1.54, 1.807) is 10.6 Å². The topological polar surface area (TPSA) is 6.48 Å². The highest BCUT2D eigenvalue weighted by Crippen LogP contribution is 2.60. The Labute approximate surface area is 247 Å². The van der Waals surface area contributed by atoms with Gasteiger partial charge in [-0.3, -0.25) is 0 Å². The molecule has 0 saturated heterocycles. The molecule has 0 aliphatic carbocycles. The van der Waals surface area contributed by atoms with E-state index in [-0.39, 0.29) is 53.3 Å². The molecular formula is C33H52B2N2P2. The van der Waals surface area contributed by atoms with Crippen LogP contribution in [0.3, 0.4) is 0 Å². The van der Waals surface area contributed by atoms with Crippen molar-refractivity contribution in [3.8, 4) is 0 Å². The molecular weight excluding hydrogens is 508 g/mol. The average Bonchev–Trinajstić information content (AvgIpc) is 2.62. The van der Waals surface area contributed by atoms with Crippen molar-refractivity contribution in [2.75, 3.05) is 16.5 Å². The highest BCUT2D eigenvalue weighted by atomic mass is 31.1. The van der Waals surface area contributed by atoms with Crippen LogP contribution in [0.1, 0.15) is 105 Å². The number of rotatable bonds is 2. The molecule has 2 aliphatic heterocycles. The van der Waals surface area contributed by atoms with Crippen LogP contribution in [0, 0.1) is 13.8 Å². The van der Waals surface area contributed by atoms with Crippen LogP contribution in [0.15, 0.2) is 24.3 Å². The third-order valence-electron chi connectivity index (χ3n) is 7.62. The molecule has 2 aliphatic rings. The first-order chi connectivity index (χ1) is 16.7. The van der Waals surface area contributed by atoms with E-state index in [0.717, 1.165) is 19.8 Å². The van der Waals surface area contributed by atoms with Crippen molar-refractivity contribution >= 4 is 54.7 Å². The summed E-state index contributed by atoms with van der Waals surface area (Å²) in [6.07, 6.45) is 0. The second-order valence-electron chi connectivity index (χ2n) is 15.4. The zero-order chi connectivity index (χ0) is 27.9. The van der Waals surface area contributed by atoms with Gasteiger partial charge in [0, 0.05) is 41.3 Å². The van der Waals surface area contributed by atoms with Gasteiger partial charge in [-0.15, -0.1) is 0 Å². The maximum absolute atomic E-state index is 2.65. The fourth-order valence-corrected chi connectivity index (χ4v) is 16.0. The minimum absolute atomic E-state index is 0. The summed E-state index contributed by atoms with van der Waals surface area (Å²) in [5.74, 6) is 0. The van der Waals surface area contributed by atoms with E-state index in [2.05, 4.69) is 131 Å². The van der Waals surface area contributed by atoms with Crippen molar-refractivity contribution in [2.45, 2.75) is 131 Å². The fraction of sp³-hybridized carbons (Fsp3) is 0.636. The molecule has 0 unspecified atom stereocenters. The lowest BCUT2D eigenvalue weighted by atomic mass is 9.97. The van der Waals surface area contributed by atoms with Gasteiger partial charge in [-0.05, 0) is 91.6 Å². The molecule has 2 nitrogen and oxygen atoms in total. The predicted octanol–water partition coefficient (Wildman–Crippen LogP) is 8.25. The molecule has 4 rings (SSSR count). The third kappa shape index (κ3) is 6.59. The van der Waals surface area contributed by atoms with E-state index in [0.29, 0.717) is 0 Å². The molecule has 0 fully saturated rings. The summed E-state index contributed by atoms with van der Waals surface area (Å²) in [4.78, 5) is 5.30. The first-order valence-corrected chi connectivity index (χ1v) is 16.8. The van der Waals surface area contributed by atoms with E-state index in [9.17, 15) is 0 Å². The van der Waals surface area contributed by atoms with Crippen LogP contribution in [-0.4, -0.2) is 44.1 Å². The van der Waals surface area contributed by atoms with Crippen molar-refractivity contribution in [1.82, 2.24) is 0 Å². The highest BCUT2D eigenvalue weighted by molar-refractivity contribution is 7.68. The van der Waals surface area contributed by atoms with E-state index < -0.39 is 0 Å². The second-order valence-corrected chi connectivity index (χ2v) is 23.2. The molecule has 39 heavy (non-hydrogen) atoms. The maximum atomic E-state index is 2.65. The molecule has 0 spiro atoms. The number of fused-ring (bicyclic) bond motifs is 6. The van der Waals surface area contributed by atoms with Crippen LogP contribution in [-0.2, 0) is 13.1 Å². The Kier molecular flexibility index (Phi) is 9.68. The minimum Gasteiger partial charge on any atom is -0.349 e. The van der Waals surface area contributed by atoms with Crippen LogP contribution in [0.25, 0.3) is 0 Å². The van der Waals surface area contributed by atoms with Gasteiger partial charge < -0.3 is 9.80 Å². The molecule has 210 valence electrons. The second kappa shape index (κ2) is 11.0. The SMILES string of the molecule is Cc1cc(P(C(C)(C)C)C(C)(C)C)cc2c1N1Cc3cc(P(C(C)(C)C)C(C)(C)C)cc(C)c3N(C2)C1.[B].[B]. The smallest absolute Gasteiger partial charge is 0.0910 e. The molecule has 0 atom stereocenters. The standard InChI is InChI=1S/C33H52N2P2.2B/c1-22-15-26(36(30(3,4)5)31(6,7)8)17-24-19-35-21-34(28(22)24)20-25-18-27(16-23(2)29(25)35)37(32(9,10)11)33(12,13)14;;/h15-18H,19-21H2,1-14H3;;. The largest absolute Gasteiger partial charge is 0.349 e. The lowest BCUT2D eigenvalue weighted by Gasteiger charge is -2.48. The van der Waals surface area contributed by atoms with Gasteiger partial charge in [-0.1, -0.05) is 98.9 Å². The van der Waals surface area contributed by atoms with Gasteiger partial charge in [0.1, 0.15) is 0 Å². The fourth-order valence-electron chi connectivity index (χ4n) is 7.65. The first-order valence-electron chi connectivity index (χ1n) is 14.1. The zero-order valence-corrected chi connectivity index (χ0v) is 29.2. The van der Waals surface area contributed by atoms with Gasteiger partial charge in [0.2, 0.25) is 0 Å². The Morgan fingerprint density at radius 3 is 1.05 bits per heavy atom. The summed E-state index contributed by atoms with van der Waals surface area (Å²) >= 11 is 0. The van der Waals surface area contributed by atoms with Gasteiger partial charge in [0.05, 0.1) is 6.67 Å². The monoisotopic (exact) mass is 560 g/mol. The minimum atomic E-state index is -0.312. The van der Waals surface area contributed by atoms with Crippen molar-refractivity contribution in [3.63, 3.8) is 0 Å². The molecule has 0 aromatic heterocycles. The average molecular weight is 560 g/mol. The van der Waals surface area contributed by atoms with Gasteiger partial charge in [0.25, 0.3) is 0 Å². The van der Waals surface area contributed by atoms with E-state index in [1.165, 1.54) is 33.6 Å². The van der Waals surface area contributed by atoms with Crippen molar-refractivity contribution in [3.05, 3.63) is 46.5 Å². The predicted molar refractivity (Wildman–Crippen MR) is 183 cm³/mol. The number of hydrogen-bond acceptors (Lipinski definition) is 2. The zero-order valence-electron chi connectivity index (χ0n) is 27.4. The molecule has 2 aromatic rings. The van der Waals surface area contributed by atoms with Crippen molar-refractivity contribution in [2.24, 2.45) is 0 Å². The van der Waals surface area contributed by atoms with E-state index >= 15 is 0 Å². The maximum Gasteiger partial charge on any atom is 0.0910 e. The molecule has 2 heterocycles. The van der Waals surface area contributed by atoms with E-state index in [4.69, 9.17) is 0 Å². The lowest BCUT2D eigenvalue weighted by molar-refractivity contribution is 0.647. The Morgan fingerprint density at radius 1 is 0.513 bits per heavy atom. The number of hydrogen-bond donors (Lipinski definition) is 0. The van der Waals surface area contributed by atoms with Crippen molar-refractivity contribution < 1.29 is 0 Å². The molecule has 6 radical (unpaired) electrons. The van der Waals surface area contributed by atoms with Gasteiger partial charge in [-0.25, -0.2) is 0 Å². The van der Waals surface area contributed by atoms with Crippen LogP contribution >= 0.6 is 15.8 Å². The summed E-state index contributed by atoms with van der Waals surface area (Å²) in [5.41, 5.74) is 8.92. The molecule has 2 aromatic carbocycles. The van der Waals surface area contributed by atoms with Gasteiger partial charge >= 0.3 is 0 Å². The van der Waals surface area contributed by atoms with Crippen molar-refractivity contribution in [1.29, 1.82) is 0 Å². The summed E-state index contributed by atoms with van der Waals surface area (Å²) in [7, 11) is -0.624.